The number of hydrogen-bond donors (Lipinski definition) is 1. The van der Waals surface area contributed by atoms with Crippen LogP contribution in [-0.4, -0.2) is 39.7 Å². The van der Waals surface area contributed by atoms with Crippen molar-refractivity contribution in [2.45, 2.75) is 38.6 Å². The van der Waals surface area contributed by atoms with Gasteiger partial charge in [0.2, 0.25) is 5.88 Å². The van der Waals surface area contributed by atoms with Crippen molar-refractivity contribution >= 4 is 11.8 Å². The predicted molar refractivity (Wildman–Crippen MR) is 70.4 cm³/mol. The molecule has 0 spiro atoms. The van der Waals surface area contributed by atoms with Crippen LogP contribution in [0.2, 0.25) is 0 Å². The molecule has 0 bridgehead atoms. The van der Waals surface area contributed by atoms with E-state index in [0.29, 0.717) is 31.3 Å². The Morgan fingerprint density at radius 2 is 2.37 bits per heavy atom. The molecule has 0 amide bonds. The SMILES string of the molecule is CCCOc1cncc(N2CCCC2(C)C(=O)O)n1. The lowest BCUT2D eigenvalue weighted by atomic mass is 9.99. The Hall–Kier alpha value is -1.85. The average molecular weight is 265 g/mol. The molecule has 2 rings (SSSR count). The lowest BCUT2D eigenvalue weighted by Crippen LogP contribution is -2.48. The average Bonchev–Trinajstić information content (AvgIpc) is 2.80. The van der Waals surface area contributed by atoms with Crippen molar-refractivity contribution in [2.75, 3.05) is 18.1 Å². The van der Waals surface area contributed by atoms with Gasteiger partial charge in [-0.15, -0.1) is 0 Å². The summed E-state index contributed by atoms with van der Waals surface area (Å²) >= 11 is 0. The Morgan fingerprint density at radius 3 is 3.05 bits per heavy atom. The molecule has 2 heterocycles. The van der Waals surface area contributed by atoms with E-state index < -0.39 is 11.5 Å². The van der Waals surface area contributed by atoms with E-state index in [-0.39, 0.29) is 0 Å². The van der Waals surface area contributed by atoms with Crippen LogP contribution in [0.3, 0.4) is 0 Å². The maximum absolute atomic E-state index is 11.4. The fraction of sp³-hybridized carbons (Fsp3) is 0.615. The minimum Gasteiger partial charge on any atom is -0.480 e. The van der Waals surface area contributed by atoms with Gasteiger partial charge in [-0.25, -0.2) is 4.79 Å². The minimum absolute atomic E-state index is 0.444. The number of hydrogen-bond acceptors (Lipinski definition) is 5. The molecule has 0 aliphatic carbocycles. The smallest absolute Gasteiger partial charge is 0.329 e. The number of carboxylic acid groups (broad SMARTS) is 1. The van der Waals surface area contributed by atoms with Crippen molar-refractivity contribution < 1.29 is 14.6 Å². The lowest BCUT2D eigenvalue weighted by molar-refractivity contribution is -0.142. The van der Waals surface area contributed by atoms with Gasteiger partial charge >= 0.3 is 5.97 Å². The van der Waals surface area contributed by atoms with Gasteiger partial charge in [-0.3, -0.25) is 4.98 Å². The van der Waals surface area contributed by atoms with E-state index in [2.05, 4.69) is 9.97 Å². The lowest BCUT2D eigenvalue weighted by Gasteiger charge is -2.31. The van der Waals surface area contributed by atoms with Crippen LogP contribution < -0.4 is 9.64 Å². The molecule has 1 aromatic rings. The van der Waals surface area contributed by atoms with Crippen molar-refractivity contribution in [1.29, 1.82) is 0 Å². The van der Waals surface area contributed by atoms with E-state index in [4.69, 9.17) is 4.74 Å². The number of anilines is 1. The normalized spacial score (nSPS) is 22.5. The summed E-state index contributed by atoms with van der Waals surface area (Å²) in [5.74, 6) is 0.182. The fourth-order valence-corrected chi connectivity index (χ4v) is 2.30. The highest BCUT2D eigenvalue weighted by atomic mass is 16.5. The summed E-state index contributed by atoms with van der Waals surface area (Å²) in [5, 5.41) is 9.39. The molecule has 1 aromatic heterocycles. The quantitative estimate of drug-likeness (QED) is 0.873. The van der Waals surface area contributed by atoms with Gasteiger partial charge in [0.05, 0.1) is 19.0 Å². The third-order valence-corrected chi connectivity index (χ3v) is 3.43. The monoisotopic (exact) mass is 265 g/mol. The highest BCUT2D eigenvalue weighted by Gasteiger charge is 2.44. The third-order valence-electron chi connectivity index (χ3n) is 3.43. The van der Waals surface area contributed by atoms with Crippen LogP contribution in [-0.2, 0) is 4.79 Å². The fourth-order valence-electron chi connectivity index (χ4n) is 2.30. The predicted octanol–water partition coefficient (Wildman–Crippen LogP) is 1.71. The minimum atomic E-state index is -0.905. The van der Waals surface area contributed by atoms with Crippen molar-refractivity contribution in [3.8, 4) is 5.88 Å². The van der Waals surface area contributed by atoms with E-state index in [1.165, 1.54) is 0 Å². The molecule has 1 saturated heterocycles. The van der Waals surface area contributed by atoms with Gasteiger partial charge in [0.15, 0.2) is 5.82 Å². The first-order chi connectivity index (χ1) is 9.08. The Labute approximate surface area is 112 Å². The Balaban J connectivity index is 2.23. The molecule has 1 aliphatic heterocycles. The largest absolute Gasteiger partial charge is 0.480 e. The molecule has 104 valence electrons. The number of ether oxygens (including phenoxy) is 1. The van der Waals surface area contributed by atoms with Crippen LogP contribution >= 0.6 is 0 Å². The van der Waals surface area contributed by atoms with E-state index in [1.807, 2.05) is 6.92 Å². The summed E-state index contributed by atoms with van der Waals surface area (Å²) in [4.78, 5) is 21.7. The van der Waals surface area contributed by atoms with Crippen LogP contribution in [0, 0.1) is 0 Å². The van der Waals surface area contributed by atoms with Gasteiger partial charge in [-0.2, -0.15) is 4.98 Å². The number of carbonyl (C=O) groups is 1. The van der Waals surface area contributed by atoms with E-state index in [0.717, 1.165) is 12.8 Å². The van der Waals surface area contributed by atoms with Crippen molar-refractivity contribution in [3.05, 3.63) is 12.4 Å². The topological polar surface area (TPSA) is 75.5 Å². The van der Waals surface area contributed by atoms with E-state index in [9.17, 15) is 9.90 Å². The van der Waals surface area contributed by atoms with Crippen LogP contribution in [0.5, 0.6) is 5.88 Å². The molecule has 0 saturated carbocycles. The summed E-state index contributed by atoms with van der Waals surface area (Å²) in [6.07, 6.45) is 5.48. The molecule has 1 atom stereocenters. The number of rotatable bonds is 5. The Kier molecular flexibility index (Phi) is 3.87. The highest BCUT2D eigenvalue weighted by molar-refractivity contribution is 5.83. The standard InChI is InChI=1S/C13H19N3O3/c1-3-7-19-11-9-14-8-10(15-11)16-6-4-5-13(16,2)12(17)18/h8-9H,3-7H2,1-2H3,(H,17,18). The zero-order valence-electron chi connectivity index (χ0n) is 11.3. The number of carboxylic acids is 1. The summed E-state index contributed by atoms with van der Waals surface area (Å²) in [5.41, 5.74) is -0.905. The second-order valence-corrected chi connectivity index (χ2v) is 4.90. The number of aromatic nitrogens is 2. The summed E-state index contributed by atoms with van der Waals surface area (Å²) in [7, 11) is 0. The van der Waals surface area contributed by atoms with Gasteiger partial charge in [0, 0.05) is 6.54 Å². The van der Waals surface area contributed by atoms with Crippen LogP contribution in [0.25, 0.3) is 0 Å². The maximum Gasteiger partial charge on any atom is 0.329 e. The van der Waals surface area contributed by atoms with E-state index in [1.54, 1.807) is 24.2 Å². The molecular weight excluding hydrogens is 246 g/mol. The first-order valence-corrected chi connectivity index (χ1v) is 6.54. The summed E-state index contributed by atoms with van der Waals surface area (Å²) < 4.78 is 5.44. The molecule has 1 aliphatic rings. The van der Waals surface area contributed by atoms with Gasteiger partial charge in [-0.1, -0.05) is 6.92 Å². The first kappa shape index (κ1) is 13.6. The first-order valence-electron chi connectivity index (χ1n) is 6.54. The molecule has 0 radical (unpaired) electrons. The second kappa shape index (κ2) is 5.42. The molecule has 6 heteroatoms. The van der Waals surface area contributed by atoms with Crippen molar-refractivity contribution in [2.24, 2.45) is 0 Å². The van der Waals surface area contributed by atoms with Crippen LogP contribution in [0.1, 0.15) is 33.1 Å². The van der Waals surface area contributed by atoms with Gasteiger partial charge in [0.25, 0.3) is 0 Å². The number of aliphatic carboxylic acids is 1. The summed E-state index contributed by atoms with van der Waals surface area (Å²) in [6, 6.07) is 0. The molecule has 1 fully saturated rings. The molecule has 1 N–H and O–H groups in total. The molecular formula is C13H19N3O3. The maximum atomic E-state index is 11.4. The molecule has 1 unspecified atom stereocenters. The van der Waals surface area contributed by atoms with Crippen LogP contribution in [0.4, 0.5) is 5.82 Å². The zero-order chi connectivity index (χ0) is 13.9. The zero-order valence-corrected chi connectivity index (χ0v) is 11.3. The highest BCUT2D eigenvalue weighted by Crippen LogP contribution is 2.33. The molecule has 0 aromatic carbocycles. The van der Waals surface area contributed by atoms with Crippen molar-refractivity contribution in [3.63, 3.8) is 0 Å². The molecule has 6 nitrogen and oxygen atoms in total. The Morgan fingerprint density at radius 1 is 1.58 bits per heavy atom. The summed E-state index contributed by atoms with van der Waals surface area (Å²) in [6.45, 7) is 4.99. The third kappa shape index (κ3) is 2.62. The van der Waals surface area contributed by atoms with Gasteiger partial charge in [0.1, 0.15) is 5.54 Å². The second-order valence-electron chi connectivity index (χ2n) is 4.90. The van der Waals surface area contributed by atoms with E-state index >= 15 is 0 Å². The van der Waals surface area contributed by atoms with Gasteiger partial charge in [-0.05, 0) is 26.2 Å². The van der Waals surface area contributed by atoms with Crippen molar-refractivity contribution in [1.82, 2.24) is 9.97 Å². The van der Waals surface area contributed by atoms with Crippen LogP contribution in [0.15, 0.2) is 12.4 Å². The Bertz CT molecular complexity index is 466. The molecule has 19 heavy (non-hydrogen) atoms. The van der Waals surface area contributed by atoms with Gasteiger partial charge < -0.3 is 14.7 Å². The number of nitrogens with zero attached hydrogens (tertiary/aromatic N) is 3.